The number of aryl methyl sites for hydroxylation is 2. The van der Waals surface area contributed by atoms with Crippen LogP contribution in [0.1, 0.15) is 23.1 Å². The van der Waals surface area contributed by atoms with Crippen molar-refractivity contribution < 1.29 is 4.79 Å². The molecule has 4 heteroatoms. The molecule has 2 aliphatic carbocycles. The van der Waals surface area contributed by atoms with Crippen LogP contribution >= 0.6 is 0 Å². The third kappa shape index (κ3) is 2.49. The van der Waals surface area contributed by atoms with Crippen LogP contribution in [-0.2, 0) is 4.79 Å². The Morgan fingerprint density at radius 2 is 1.88 bits per heavy atom. The maximum atomic E-state index is 13.4. The first-order chi connectivity index (χ1) is 12.5. The van der Waals surface area contributed by atoms with Crippen molar-refractivity contribution in [2.24, 2.45) is 9.98 Å². The first-order valence-electron chi connectivity index (χ1n) is 8.77. The van der Waals surface area contributed by atoms with Gasteiger partial charge in [-0.15, -0.1) is 0 Å². The Morgan fingerprint density at radius 1 is 1.08 bits per heavy atom. The van der Waals surface area contributed by atoms with Crippen molar-refractivity contribution in [1.82, 2.24) is 4.90 Å². The van der Waals surface area contributed by atoms with Gasteiger partial charge in [0, 0.05) is 25.2 Å². The van der Waals surface area contributed by atoms with Gasteiger partial charge in [0.15, 0.2) is 5.78 Å². The van der Waals surface area contributed by atoms with Crippen LogP contribution < -0.4 is 0 Å². The third-order valence-electron chi connectivity index (χ3n) is 4.81. The second-order valence-corrected chi connectivity index (χ2v) is 7.00. The molecule has 0 N–H and O–H groups in total. The summed E-state index contributed by atoms with van der Waals surface area (Å²) in [5.74, 6) is 0.650. The number of nitrogens with zero attached hydrogens (tertiary/aromatic N) is 3. The standard InChI is InChI=1S/C22H21N3O/c1-13-10-11-15(14(2)12-13)18-20-19(23-22(24-20)25(3)4)16-8-6-5-7-9-17(16)21(18)26/h5,7-12H,6H2,1-4H3. The number of carbonyl (C=O) groups is 1. The average Bonchev–Trinajstić information content (AvgIpc) is 2.88. The van der Waals surface area contributed by atoms with E-state index in [-0.39, 0.29) is 5.78 Å². The Bertz CT molecular complexity index is 1010. The monoisotopic (exact) mass is 343 g/mol. The molecule has 1 heterocycles. The molecule has 0 saturated heterocycles. The number of guanidine groups is 1. The second kappa shape index (κ2) is 6.06. The molecule has 0 unspecified atom stereocenters. The van der Waals surface area contributed by atoms with Crippen molar-refractivity contribution in [2.45, 2.75) is 20.3 Å². The number of allylic oxidation sites excluding steroid dienone is 7. The van der Waals surface area contributed by atoms with E-state index < -0.39 is 0 Å². The average molecular weight is 343 g/mol. The summed E-state index contributed by atoms with van der Waals surface area (Å²) in [7, 11) is 3.83. The number of hydrogen-bond donors (Lipinski definition) is 0. The molecular formula is C22H21N3O. The molecule has 1 aliphatic heterocycles. The zero-order chi connectivity index (χ0) is 18.4. The Morgan fingerprint density at radius 3 is 2.62 bits per heavy atom. The van der Waals surface area contributed by atoms with E-state index in [2.05, 4.69) is 19.1 Å². The fraction of sp³-hybridized carbons (Fsp3) is 0.227. The Kier molecular flexibility index (Phi) is 3.83. The molecule has 130 valence electrons. The number of rotatable bonds is 1. The highest BCUT2D eigenvalue weighted by Crippen LogP contribution is 2.39. The minimum atomic E-state index is 0.0208. The van der Waals surface area contributed by atoms with Gasteiger partial charge in [0.2, 0.25) is 5.96 Å². The summed E-state index contributed by atoms with van der Waals surface area (Å²) < 4.78 is 0. The van der Waals surface area contributed by atoms with Crippen LogP contribution in [0.2, 0.25) is 0 Å². The van der Waals surface area contributed by atoms with Gasteiger partial charge < -0.3 is 4.90 Å². The van der Waals surface area contributed by atoms with E-state index in [0.717, 1.165) is 28.8 Å². The maximum Gasteiger partial charge on any atom is 0.226 e. The fourth-order valence-electron chi connectivity index (χ4n) is 3.53. The van der Waals surface area contributed by atoms with Crippen LogP contribution in [0.25, 0.3) is 5.57 Å². The molecule has 0 saturated carbocycles. The van der Waals surface area contributed by atoms with E-state index in [9.17, 15) is 4.79 Å². The highest BCUT2D eigenvalue weighted by Gasteiger charge is 2.37. The molecule has 0 bridgehead atoms. The van der Waals surface area contributed by atoms with E-state index in [1.165, 1.54) is 5.56 Å². The fourth-order valence-corrected chi connectivity index (χ4v) is 3.53. The lowest BCUT2D eigenvalue weighted by atomic mass is 9.80. The Balaban J connectivity index is 2.02. The van der Waals surface area contributed by atoms with E-state index in [1.54, 1.807) is 0 Å². The molecule has 26 heavy (non-hydrogen) atoms. The predicted molar refractivity (Wildman–Crippen MR) is 106 cm³/mol. The molecule has 4 rings (SSSR count). The van der Waals surface area contributed by atoms with Gasteiger partial charge in [-0.3, -0.25) is 4.79 Å². The number of aliphatic imine (C=N–C) groups is 2. The minimum Gasteiger partial charge on any atom is -0.347 e. The summed E-state index contributed by atoms with van der Waals surface area (Å²) in [5.41, 5.74) is 6.92. The van der Waals surface area contributed by atoms with Gasteiger partial charge in [-0.1, -0.05) is 48.1 Å². The summed E-state index contributed by atoms with van der Waals surface area (Å²) in [4.78, 5) is 24.8. The lowest BCUT2D eigenvalue weighted by Gasteiger charge is -2.22. The van der Waals surface area contributed by atoms with Crippen LogP contribution in [-0.4, -0.2) is 36.4 Å². The van der Waals surface area contributed by atoms with E-state index in [0.29, 0.717) is 22.8 Å². The lowest BCUT2D eigenvalue weighted by Crippen LogP contribution is -2.23. The second-order valence-electron chi connectivity index (χ2n) is 7.00. The zero-order valence-corrected chi connectivity index (χ0v) is 15.5. The van der Waals surface area contributed by atoms with Gasteiger partial charge in [-0.2, -0.15) is 0 Å². The Hall–Kier alpha value is -3.01. The van der Waals surface area contributed by atoms with E-state index in [1.807, 2.05) is 56.3 Å². The molecule has 1 aromatic carbocycles. The molecule has 0 atom stereocenters. The number of hydrogen-bond acceptors (Lipinski definition) is 4. The minimum absolute atomic E-state index is 0.0208. The first-order valence-corrected chi connectivity index (χ1v) is 8.77. The van der Waals surface area contributed by atoms with Gasteiger partial charge in [0.05, 0.1) is 5.57 Å². The van der Waals surface area contributed by atoms with Gasteiger partial charge in [-0.25, -0.2) is 9.98 Å². The van der Waals surface area contributed by atoms with Crippen molar-refractivity contribution in [3.05, 3.63) is 76.0 Å². The summed E-state index contributed by atoms with van der Waals surface area (Å²) in [6, 6.07) is 6.16. The van der Waals surface area contributed by atoms with Crippen molar-refractivity contribution in [1.29, 1.82) is 0 Å². The molecule has 4 nitrogen and oxygen atoms in total. The zero-order valence-electron chi connectivity index (χ0n) is 15.5. The van der Waals surface area contributed by atoms with Gasteiger partial charge in [-0.05, 0) is 31.4 Å². The molecule has 0 amide bonds. The van der Waals surface area contributed by atoms with Gasteiger partial charge in [0.25, 0.3) is 0 Å². The lowest BCUT2D eigenvalue weighted by molar-refractivity contribution is -0.110. The van der Waals surface area contributed by atoms with E-state index in [4.69, 9.17) is 9.98 Å². The molecule has 1 aromatic rings. The number of ketones is 1. The molecular weight excluding hydrogens is 322 g/mol. The number of fused-ring (bicyclic) bond motifs is 3. The first kappa shape index (κ1) is 16.5. The smallest absolute Gasteiger partial charge is 0.226 e. The number of carbonyl (C=O) groups excluding carboxylic acids is 1. The normalized spacial score (nSPS) is 18.5. The van der Waals surface area contributed by atoms with Crippen LogP contribution in [0.3, 0.4) is 0 Å². The molecule has 0 aromatic heterocycles. The summed E-state index contributed by atoms with van der Waals surface area (Å²) >= 11 is 0. The van der Waals surface area contributed by atoms with Crippen LogP contribution in [0, 0.1) is 13.8 Å². The van der Waals surface area contributed by atoms with Crippen molar-refractivity contribution in [2.75, 3.05) is 14.1 Å². The highest BCUT2D eigenvalue weighted by molar-refractivity contribution is 6.45. The highest BCUT2D eigenvalue weighted by atomic mass is 16.1. The maximum absolute atomic E-state index is 13.4. The predicted octanol–water partition coefficient (Wildman–Crippen LogP) is 3.78. The summed E-state index contributed by atoms with van der Waals surface area (Å²) in [6.07, 6.45) is 8.75. The van der Waals surface area contributed by atoms with Crippen LogP contribution in [0.15, 0.2) is 69.3 Å². The third-order valence-corrected chi connectivity index (χ3v) is 4.81. The molecule has 0 radical (unpaired) electrons. The number of Topliss-reactive ketones (excluding diaryl/α,β-unsaturated/α-hetero) is 1. The van der Waals surface area contributed by atoms with Gasteiger partial charge in [0.1, 0.15) is 11.4 Å². The summed E-state index contributed by atoms with van der Waals surface area (Å²) in [6.45, 7) is 4.10. The quantitative estimate of drug-likeness (QED) is 0.779. The van der Waals surface area contributed by atoms with Crippen molar-refractivity contribution in [3.8, 4) is 0 Å². The van der Waals surface area contributed by atoms with Gasteiger partial charge >= 0.3 is 0 Å². The van der Waals surface area contributed by atoms with Crippen LogP contribution in [0.4, 0.5) is 0 Å². The SMILES string of the molecule is Cc1ccc(C2=C3N=C(N(C)C)N=C3C3=CCC=CC=C3C2=O)c(C)c1. The van der Waals surface area contributed by atoms with Crippen LogP contribution in [0.5, 0.6) is 0 Å². The number of benzene rings is 1. The molecule has 3 aliphatic rings. The molecule has 0 spiro atoms. The largest absolute Gasteiger partial charge is 0.347 e. The summed E-state index contributed by atoms with van der Waals surface area (Å²) in [5, 5.41) is 0. The van der Waals surface area contributed by atoms with E-state index >= 15 is 0 Å². The van der Waals surface area contributed by atoms with Crippen molar-refractivity contribution in [3.63, 3.8) is 0 Å². The Labute approximate surface area is 153 Å². The van der Waals surface area contributed by atoms with Crippen molar-refractivity contribution >= 4 is 23.0 Å². The topological polar surface area (TPSA) is 45.0 Å². The molecule has 0 fully saturated rings.